The molecule has 1 amide bonds. The van der Waals surface area contributed by atoms with E-state index in [-0.39, 0.29) is 5.91 Å². The van der Waals surface area contributed by atoms with Crippen LogP contribution in [0.1, 0.15) is 10.4 Å². The van der Waals surface area contributed by atoms with E-state index in [2.05, 4.69) is 4.99 Å². The highest BCUT2D eigenvalue weighted by molar-refractivity contribution is 7.16. The minimum atomic E-state index is -0.382. The number of hydrogen-bond donors (Lipinski definition) is 0. The molecule has 0 bridgehead atoms. The van der Waals surface area contributed by atoms with Crippen LogP contribution in [-0.4, -0.2) is 24.7 Å². The Hall–Kier alpha value is -2.31. The van der Waals surface area contributed by atoms with E-state index in [1.54, 1.807) is 25.3 Å². The van der Waals surface area contributed by atoms with Gasteiger partial charge in [0.2, 0.25) is 0 Å². The van der Waals surface area contributed by atoms with Gasteiger partial charge < -0.3 is 14.0 Å². The molecule has 5 nitrogen and oxygen atoms in total. The molecule has 0 fully saturated rings. The van der Waals surface area contributed by atoms with Crippen LogP contribution < -0.4 is 14.3 Å². The molecule has 3 aromatic rings. The summed E-state index contributed by atoms with van der Waals surface area (Å²) < 4.78 is 13.2. The standard InChI is InChI=1S/C17H15ClN2O3S/c1-20-15-12(18)5-4-6-14(15)24-17(20)19-16(21)11-8-7-10(22-2)9-13(11)23-3/h4-9H,1-3H3. The largest absolute Gasteiger partial charge is 0.497 e. The van der Waals surface area contributed by atoms with Crippen LogP contribution in [0.4, 0.5) is 0 Å². The highest BCUT2D eigenvalue weighted by atomic mass is 35.5. The molecule has 0 spiro atoms. The zero-order valence-corrected chi connectivity index (χ0v) is 14.9. The second-order valence-corrected chi connectivity index (χ2v) is 6.43. The smallest absolute Gasteiger partial charge is 0.283 e. The number of carbonyl (C=O) groups is 1. The highest BCUT2D eigenvalue weighted by Gasteiger charge is 2.14. The van der Waals surface area contributed by atoms with Gasteiger partial charge in [-0.1, -0.05) is 29.0 Å². The van der Waals surface area contributed by atoms with Crippen molar-refractivity contribution in [3.63, 3.8) is 0 Å². The minimum absolute atomic E-state index is 0.377. The van der Waals surface area contributed by atoms with Crippen LogP contribution in [0, 0.1) is 0 Å². The van der Waals surface area contributed by atoms with Crippen molar-refractivity contribution in [3.05, 3.63) is 51.8 Å². The van der Waals surface area contributed by atoms with Crippen LogP contribution in [0.3, 0.4) is 0 Å². The monoisotopic (exact) mass is 362 g/mol. The van der Waals surface area contributed by atoms with E-state index < -0.39 is 0 Å². The summed E-state index contributed by atoms with van der Waals surface area (Å²) in [5.74, 6) is 0.653. The van der Waals surface area contributed by atoms with Crippen molar-refractivity contribution >= 4 is 39.1 Å². The van der Waals surface area contributed by atoms with E-state index in [1.165, 1.54) is 18.4 Å². The van der Waals surface area contributed by atoms with Gasteiger partial charge in [0.25, 0.3) is 5.91 Å². The molecule has 0 aliphatic carbocycles. The summed E-state index contributed by atoms with van der Waals surface area (Å²) in [4.78, 5) is 17.4. The number of aryl methyl sites for hydroxylation is 1. The van der Waals surface area contributed by atoms with Crippen molar-refractivity contribution in [2.75, 3.05) is 14.2 Å². The van der Waals surface area contributed by atoms with Gasteiger partial charge >= 0.3 is 0 Å². The SMILES string of the molecule is COc1ccc(C(=O)N=c2sc3cccc(Cl)c3n2C)c(OC)c1. The maximum absolute atomic E-state index is 12.6. The van der Waals surface area contributed by atoms with E-state index in [4.69, 9.17) is 21.1 Å². The number of rotatable bonds is 3. The lowest BCUT2D eigenvalue weighted by Crippen LogP contribution is -2.13. The number of thiazole rings is 1. The zero-order valence-electron chi connectivity index (χ0n) is 13.4. The van der Waals surface area contributed by atoms with Gasteiger partial charge in [-0.3, -0.25) is 4.79 Å². The molecular formula is C17H15ClN2O3S. The normalized spacial score (nSPS) is 11.8. The number of amides is 1. The van der Waals surface area contributed by atoms with Crippen molar-refractivity contribution in [1.29, 1.82) is 0 Å². The molecule has 0 saturated carbocycles. The first-order valence-corrected chi connectivity index (χ1v) is 8.29. The molecule has 3 rings (SSSR count). The first kappa shape index (κ1) is 16.5. The van der Waals surface area contributed by atoms with Crippen molar-refractivity contribution in [2.24, 2.45) is 12.0 Å². The Labute approximate surface area is 147 Å². The van der Waals surface area contributed by atoms with Crippen molar-refractivity contribution in [3.8, 4) is 11.5 Å². The maximum Gasteiger partial charge on any atom is 0.283 e. The van der Waals surface area contributed by atoms with Crippen LogP contribution in [-0.2, 0) is 7.05 Å². The fraction of sp³-hybridized carbons (Fsp3) is 0.176. The summed E-state index contributed by atoms with van der Waals surface area (Å²) in [5, 5.41) is 0.627. The molecule has 1 aromatic heterocycles. The summed E-state index contributed by atoms with van der Waals surface area (Å²) in [6, 6.07) is 10.6. The van der Waals surface area contributed by atoms with Gasteiger partial charge in [0, 0.05) is 13.1 Å². The van der Waals surface area contributed by atoms with Crippen LogP contribution in [0.15, 0.2) is 41.4 Å². The van der Waals surface area contributed by atoms with Crippen molar-refractivity contribution in [2.45, 2.75) is 0 Å². The van der Waals surface area contributed by atoms with E-state index in [9.17, 15) is 4.79 Å². The van der Waals surface area contributed by atoms with Gasteiger partial charge in [0.05, 0.1) is 35.0 Å². The number of ether oxygens (including phenoxy) is 2. The highest BCUT2D eigenvalue weighted by Crippen LogP contribution is 2.26. The average molecular weight is 363 g/mol. The number of nitrogens with zero attached hydrogens (tertiary/aromatic N) is 2. The fourth-order valence-corrected chi connectivity index (χ4v) is 3.79. The van der Waals surface area contributed by atoms with Crippen LogP contribution in [0.2, 0.25) is 5.02 Å². The molecule has 1 heterocycles. The second kappa shape index (κ2) is 6.67. The molecular weight excluding hydrogens is 348 g/mol. The van der Waals surface area contributed by atoms with Crippen molar-refractivity contribution in [1.82, 2.24) is 4.57 Å². The van der Waals surface area contributed by atoms with Crippen LogP contribution in [0.25, 0.3) is 10.2 Å². The Morgan fingerprint density at radius 2 is 2.00 bits per heavy atom. The Bertz CT molecular complexity index is 991. The Morgan fingerprint density at radius 3 is 2.67 bits per heavy atom. The summed E-state index contributed by atoms with van der Waals surface area (Å²) in [6.07, 6.45) is 0. The number of halogens is 1. The molecule has 7 heteroatoms. The first-order chi connectivity index (χ1) is 11.5. The number of carbonyl (C=O) groups excluding carboxylic acids is 1. The first-order valence-electron chi connectivity index (χ1n) is 7.10. The Balaban J connectivity index is 2.11. The third-order valence-corrected chi connectivity index (χ3v) is 5.01. The summed E-state index contributed by atoms with van der Waals surface area (Å²) in [6.45, 7) is 0. The summed E-state index contributed by atoms with van der Waals surface area (Å²) >= 11 is 7.64. The second-order valence-electron chi connectivity index (χ2n) is 5.01. The molecule has 0 aliphatic rings. The van der Waals surface area contributed by atoms with Crippen LogP contribution in [0.5, 0.6) is 11.5 Å². The lowest BCUT2D eigenvalue weighted by molar-refractivity contribution is 0.0995. The number of fused-ring (bicyclic) bond motifs is 1. The lowest BCUT2D eigenvalue weighted by atomic mass is 10.2. The molecule has 124 valence electrons. The quantitative estimate of drug-likeness (QED) is 0.714. The number of para-hydroxylation sites is 1. The van der Waals surface area contributed by atoms with E-state index in [1.807, 2.05) is 29.8 Å². The van der Waals surface area contributed by atoms with Gasteiger partial charge in [0.1, 0.15) is 11.5 Å². The predicted octanol–water partition coefficient (Wildman–Crippen LogP) is 3.65. The Morgan fingerprint density at radius 1 is 1.21 bits per heavy atom. The van der Waals surface area contributed by atoms with E-state index >= 15 is 0 Å². The number of benzene rings is 2. The number of methoxy groups -OCH3 is 2. The minimum Gasteiger partial charge on any atom is -0.497 e. The molecule has 24 heavy (non-hydrogen) atoms. The summed E-state index contributed by atoms with van der Waals surface area (Å²) in [5.41, 5.74) is 1.24. The molecule has 0 radical (unpaired) electrons. The van der Waals surface area contributed by atoms with Gasteiger partial charge in [0.15, 0.2) is 4.80 Å². The topological polar surface area (TPSA) is 52.8 Å². The molecule has 0 unspecified atom stereocenters. The Kier molecular flexibility index (Phi) is 4.59. The zero-order chi connectivity index (χ0) is 17.3. The summed E-state index contributed by atoms with van der Waals surface area (Å²) in [7, 11) is 4.90. The van der Waals surface area contributed by atoms with Gasteiger partial charge in [-0.15, -0.1) is 0 Å². The fourth-order valence-electron chi connectivity index (χ4n) is 2.39. The predicted molar refractivity (Wildman–Crippen MR) is 95.2 cm³/mol. The number of aromatic nitrogens is 1. The molecule has 0 saturated heterocycles. The molecule has 0 N–H and O–H groups in total. The van der Waals surface area contributed by atoms with E-state index in [0.29, 0.717) is 26.9 Å². The van der Waals surface area contributed by atoms with Gasteiger partial charge in [-0.25, -0.2) is 0 Å². The molecule has 2 aromatic carbocycles. The third-order valence-electron chi connectivity index (χ3n) is 3.61. The average Bonchev–Trinajstić information content (AvgIpc) is 2.91. The maximum atomic E-state index is 12.6. The molecule has 0 aliphatic heterocycles. The van der Waals surface area contributed by atoms with Crippen molar-refractivity contribution < 1.29 is 14.3 Å². The molecule has 0 atom stereocenters. The number of hydrogen-bond acceptors (Lipinski definition) is 4. The lowest BCUT2D eigenvalue weighted by Gasteiger charge is -2.07. The van der Waals surface area contributed by atoms with Gasteiger partial charge in [-0.05, 0) is 24.3 Å². The van der Waals surface area contributed by atoms with Crippen LogP contribution >= 0.6 is 22.9 Å². The third kappa shape index (κ3) is 2.90. The van der Waals surface area contributed by atoms with Gasteiger partial charge in [-0.2, -0.15) is 4.99 Å². The van der Waals surface area contributed by atoms with E-state index in [0.717, 1.165) is 10.2 Å².